The van der Waals surface area contributed by atoms with Crippen molar-refractivity contribution in [3.8, 4) is 23.7 Å². The van der Waals surface area contributed by atoms with Crippen molar-refractivity contribution in [3.05, 3.63) is 129 Å². The Kier molecular flexibility index (Phi) is 9.53. The van der Waals surface area contributed by atoms with Crippen LogP contribution in [0.25, 0.3) is 0 Å². The quantitative estimate of drug-likeness (QED) is 0.0823. The molecule has 0 aliphatic carbocycles. The van der Waals surface area contributed by atoms with E-state index in [2.05, 4.69) is 28.0 Å². The van der Waals surface area contributed by atoms with E-state index in [0.29, 0.717) is 34.1 Å². The van der Waals surface area contributed by atoms with Crippen molar-refractivity contribution in [3.63, 3.8) is 0 Å². The van der Waals surface area contributed by atoms with Crippen molar-refractivity contribution in [1.29, 1.82) is 5.26 Å². The molecule has 12 heteroatoms. The molecule has 8 nitrogen and oxygen atoms in total. The predicted octanol–water partition coefficient (Wildman–Crippen LogP) is 4.78. The number of nitrogens with two attached hydrogens (primary N) is 2. The number of nitriles is 1. The van der Waals surface area contributed by atoms with Gasteiger partial charge >= 0.3 is 5.92 Å². The van der Waals surface area contributed by atoms with E-state index < -0.39 is 35.1 Å². The SMILES string of the molecule is N#Cc1ccc(COc2ccc(C#Cc3ccc(C(F)(F)C(O)(CN(N)/C=N\N)c4ccc(Cl)cc4F)nc3)cc2)cc1. The molecule has 0 saturated carbocycles. The molecule has 0 saturated heterocycles. The van der Waals surface area contributed by atoms with Gasteiger partial charge in [-0.05, 0) is 66.2 Å². The van der Waals surface area contributed by atoms with Crippen molar-refractivity contribution in [2.75, 3.05) is 6.54 Å². The third-order valence-electron chi connectivity index (χ3n) is 6.30. The second-order valence-corrected chi connectivity index (χ2v) is 9.74. The minimum atomic E-state index is -4.14. The number of halogens is 4. The van der Waals surface area contributed by atoms with Crippen LogP contribution in [0.15, 0.2) is 90.2 Å². The summed E-state index contributed by atoms with van der Waals surface area (Å²) in [5.74, 6) is 11.8. The van der Waals surface area contributed by atoms with Gasteiger partial charge < -0.3 is 15.7 Å². The molecule has 1 atom stereocenters. The largest absolute Gasteiger partial charge is 0.489 e. The monoisotopic (exact) mass is 604 g/mol. The second-order valence-electron chi connectivity index (χ2n) is 9.30. The molecule has 1 heterocycles. The zero-order valence-corrected chi connectivity index (χ0v) is 23.1. The highest BCUT2D eigenvalue weighted by Gasteiger charge is 2.58. The molecule has 1 aromatic heterocycles. The van der Waals surface area contributed by atoms with Crippen molar-refractivity contribution in [1.82, 2.24) is 9.99 Å². The van der Waals surface area contributed by atoms with E-state index >= 15 is 8.78 Å². The molecule has 4 aromatic rings. The number of benzene rings is 3. The number of hydrazone groups is 1. The summed E-state index contributed by atoms with van der Waals surface area (Å²) in [6.45, 7) is -0.668. The van der Waals surface area contributed by atoms with Gasteiger partial charge in [-0.25, -0.2) is 10.2 Å². The minimum absolute atomic E-state index is 0.0497. The predicted molar refractivity (Wildman–Crippen MR) is 155 cm³/mol. The summed E-state index contributed by atoms with van der Waals surface area (Å²) in [6, 6.07) is 21.3. The van der Waals surface area contributed by atoms with Crippen molar-refractivity contribution >= 4 is 17.9 Å². The Morgan fingerprint density at radius 2 is 1.65 bits per heavy atom. The van der Waals surface area contributed by atoms with E-state index in [9.17, 15) is 9.50 Å². The number of hydrogen-bond donors (Lipinski definition) is 3. The molecule has 0 radical (unpaired) electrons. The number of ether oxygens (including phenoxy) is 1. The fourth-order valence-electron chi connectivity index (χ4n) is 4.06. The lowest BCUT2D eigenvalue weighted by atomic mass is 9.84. The summed E-state index contributed by atoms with van der Waals surface area (Å²) < 4.78 is 52.3. The number of alkyl halides is 2. The van der Waals surface area contributed by atoms with Gasteiger partial charge in [0.1, 0.15) is 30.2 Å². The number of rotatable bonds is 9. The molecule has 43 heavy (non-hydrogen) atoms. The van der Waals surface area contributed by atoms with Crippen molar-refractivity contribution in [2.45, 2.75) is 18.1 Å². The van der Waals surface area contributed by atoms with E-state index in [0.717, 1.165) is 36.3 Å². The van der Waals surface area contributed by atoms with Crippen LogP contribution >= 0.6 is 11.6 Å². The maximum Gasteiger partial charge on any atom is 0.323 e. The van der Waals surface area contributed by atoms with Crippen LogP contribution in [0.4, 0.5) is 13.2 Å². The smallest absolute Gasteiger partial charge is 0.323 e. The number of hydrogen-bond acceptors (Lipinski definition) is 7. The molecular weight excluding hydrogens is 581 g/mol. The molecule has 3 aromatic carbocycles. The van der Waals surface area contributed by atoms with E-state index in [1.165, 1.54) is 12.1 Å². The van der Waals surface area contributed by atoms with Gasteiger partial charge in [-0.15, -0.1) is 0 Å². The highest BCUT2D eigenvalue weighted by molar-refractivity contribution is 6.30. The summed E-state index contributed by atoms with van der Waals surface area (Å²) in [7, 11) is 0. The van der Waals surface area contributed by atoms with Gasteiger partial charge in [-0.2, -0.15) is 19.1 Å². The number of aliphatic hydroxyl groups is 1. The average molecular weight is 605 g/mol. The summed E-state index contributed by atoms with van der Waals surface area (Å²) in [6.07, 6.45) is 1.92. The Morgan fingerprint density at radius 1 is 1.00 bits per heavy atom. The molecule has 218 valence electrons. The molecule has 0 aliphatic rings. The molecule has 0 bridgehead atoms. The highest BCUT2D eigenvalue weighted by atomic mass is 35.5. The van der Waals surface area contributed by atoms with Gasteiger partial charge in [0.2, 0.25) is 0 Å². The molecular formula is C31H24ClF3N6O2. The molecule has 0 spiro atoms. The van der Waals surface area contributed by atoms with E-state index in [1.807, 2.05) is 12.1 Å². The van der Waals surface area contributed by atoms with Gasteiger partial charge in [-0.1, -0.05) is 41.6 Å². The Balaban J connectivity index is 1.50. The van der Waals surface area contributed by atoms with Crippen LogP contribution in [-0.2, 0) is 18.1 Å². The summed E-state index contributed by atoms with van der Waals surface area (Å²) >= 11 is 5.78. The Morgan fingerprint density at radius 3 is 2.26 bits per heavy atom. The molecule has 4 rings (SSSR count). The number of hydrazine groups is 1. The lowest BCUT2D eigenvalue weighted by Gasteiger charge is -2.37. The van der Waals surface area contributed by atoms with Gasteiger partial charge in [0.15, 0.2) is 5.60 Å². The summed E-state index contributed by atoms with van der Waals surface area (Å²) in [5.41, 5.74) is -2.37. The molecule has 1 unspecified atom stereocenters. The Labute approximate surface area is 250 Å². The third-order valence-corrected chi connectivity index (χ3v) is 6.54. The first-order chi connectivity index (χ1) is 20.6. The first kappa shape index (κ1) is 30.9. The van der Waals surface area contributed by atoms with Crippen LogP contribution in [0, 0.1) is 29.0 Å². The molecule has 5 N–H and O–H groups in total. The number of aromatic nitrogens is 1. The standard InChI is InChI=1S/C31H24ClF3N6O2/c32-25-10-13-27(28(33)15-25)30(42,19-41(38)20-40-37)31(34,35)29-14-9-23(17-39-29)4-1-21-7-11-26(12-8-21)43-18-24-5-2-22(16-36)3-6-24/h2-3,5-15,17,20,42H,18-19,37-38H2/b40-20-. The first-order valence-electron chi connectivity index (χ1n) is 12.6. The Hall–Kier alpha value is -5.07. The van der Waals surface area contributed by atoms with Crippen LogP contribution < -0.4 is 16.4 Å². The fourth-order valence-corrected chi connectivity index (χ4v) is 4.21. The van der Waals surface area contributed by atoms with Crippen molar-refractivity contribution < 1.29 is 23.0 Å². The molecule has 0 aliphatic heterocycles. The van der Waals surface area contributed by atoms with Crippen LogP contribution in [0.1, 0.15) is 33.5 Å². The molecule has 0 amide bonds. The second kappa shape index (κ2) is 13.3. The summed E-state index contributed by atoms with van der Waals surface area (Å²) in [4.78, 5) is 3.82. The first-order valence-corrected chi connectivity index (χ1v) is 12.9. The fraction of sp³-hybridized carbons (Fsp3) is 0.129. The lowest BCUT2D eigenvalue weighted by Crippen LogP contribution is -2.53. The number of pyridine rings is 1. The maximum absolute atomic E-state index is 15.9. The van der Waals surface area contributed by atoms with Crippen LogP contribution in [0.5, 0.6) is 5.75 Å². The van der Waals surface area contributed by atoms with E-state index in [4.69, 9.17) is 33.3 Å². The van der Waals surface area contributed by atoms with Gasteiger partial charge in [-0.3, -0.25) is 9.99 Å². The van der Waals surface area contributed by atoms with Gasteiger partial charge in [0.25, 0.3) is 0 Å². The third kappa shape index (κ3) is 7.23. The van der Waals surface area contributed by atoms with Gasteiger partial charge in [0, 0.05) is 27.9 Å². The minimum Gasteiger partial charge on any atom is -0.489 e. The molecule has 0 fully saturated rings. The van der Waals surface area contributed by atoms with E-state index in [1.54, 1.807) is 36.4 Å². The Bertz CT molecular complexity index is 1700. The van der Waals surface area contributed by atoms with Crippen LogP contribution in [-0.4, -0.2) is 28.0 Å². The van der Waals surface area contributed by atoms with Gasteiger partial charge in [0.05, 0.1) is 18.2 Å². The van der Waals surface area contributed by atoms with Crippen LogP contribution in [0.2, 0.25) is 5.02 Å². The topological polar surface area (TPSA) is 134 Å². The highest BCUT2D eigenvalue weighted by Crippen LogP contribution is 2.46. The summed E-state index contributed by atoms with van der Waals surface area (Å²) in [5, 5.41) is 23.8. The normalized spacial score (nSPS) is 12.6. The van der Waals surface area contributed by atoms with Crippen LogP contribution in [0.3, 0.4) is 0 Å². The lowest BCUT2D eigenvalue weighted by molar-refractivity contribution is -0.203. The zero-order chi connectivity index (χ0) is 31.0. The zero-order valence-electron chi connectivity index (χ0n) is 22.4. The number of nitrogens with zero attached hydrogens (tertiary/aromatic N) is 4. The average Bonchev–Trinajstić information content (AvgIpc) is 3.00. The van der Waals surface area contributed by atoms with E-state index in [-0.39, 0.29) is 5.02 Å². The maximum atomic E-state index is 15.9. The van der Waals surface area contributed by atoms with Crippen molar-refractivity contribution in [2.24, 2.45) is 16.8 Å².